The molecule has 0 fully saturated rings. The Morgan fingerprint density at radius 3 is 1.13 bits per heavy atom. The van der Waals surface area contributed by atoms with Gasteiger partial charge in [-0.1, -0.05) is 109 Å². The minimum Gasteiger partial charge on any atom is -0.871 e. The topological polar surface area (TPSA) is 89.3 Å². The third kappa shape index (κ3) is 11.4. The van der Waals surface area contributed by atoms with Crippen molar-refractivity contribution in [3.8, 4) is 23.0 Å². The Labute approximate surface area is 285 Å². The molecular weight excluding hydrogens is 636 g/mol. The zero-order valence-electron chi connectivity index (χ0n) is 25.4. The molecule has 6 nitrogen and oxygen atoms in total. The Balaban J connectivity index is 0.000000208. The van der Waals surface area contributed by atoms with Gasteiger partial charge in [0, 0.05) is 12.4 Å². The van der Waals surface area contributed by atoms with E-state index in [1.165, 1.54) is 12.1 Å². The van der Waals surface area contributed by atoms with Gasteiger partial charge in [-0.05, 0) is 82.9 Å². The molecule has 6 aromatic rings. The first-order chi connectivity index (χ1) is 22.6. The molecule has 0 amide bonds. The number of hydrogen-bond acceptors (Lipinski definition) is 6. The van der Waals surface area contributed by atoms with Gasteiger partial charge in [-0.15, -0.1) is 0 Å². The van der Waals surface area contributed by atoms with E-state index in [1.807, 2.05) is 109 Å². The molecule has 0 aliphatic carbocycles. The van der Waals surface area contributed by atoms with Crippen LogP contribution in [0.2, 0.25) is 0 Å². The molecule has 0 atom stereocenters. The van der Waals surface area contributed by atoms with Gasteiger partial charge in [-0.2, -0.15) is 0 Å². The number of hydrogen-bond donors (Lipinski definition) is 0. The monoisotopic (exact) mass is 667 g/mol. The zero-order valence-corrected chi connectivity index (χ0v) is 26.4. The third-order valence-electron chi connectivity index (χ3n) is 6.69. The predicted octanol–water partition coefficient (Wildman–Crippen LogP) is 8.18. The second-order valence-corrected chi connectivity index (χ2v) is 10.1. The van der Waals surface area contributed by atoms with Crippen LogP contribution in [-0.2, 0) is 30.3 Å². The van der Waals surface area contributed by atoms with E-state index >= 15 is 0 Å². The maximum Gasteiger partial charge on any atom is 2.00 e. The summed E-state index contributed by atoms with van der Waals surface area (Å²) in [5, 5.41) is 23.2. The van der Waals surface area contributed by atoms with E-state index in [9.17, 15) is 10.2 Å². The average Bonchev–Trinajstić information content (AvgIpc) is 3.11. The smallest absolute Gasteiger partial charge is 0.871 e. The second-order valence-electron chi connectivity index (χ2n) is 10.1. The van der Waals surface area contributed by atoms with Crippen molar-refractivity contribution in [1.82, 2.24) is 0 Å². The summed E-state index contributed by atoms with van der Waals surface area (Å²) in [7, 11) is 0. The number of rotatable bonds is 10. The number of ether oxygens (including phenoxy) is 2. The molecule has 0 saturated heterocycles. The minimum absolute atomic E-state index is 0. The fourth-order valence-corrected chi connectivity index (χ4v) is 4.20. The molecule has 0 heterocycles. The van der Waals surface area contributed by atoms with Crippen molar-refractivity contribution in [3.05, 3.63) is 180 Å². The van der Waals surface area contributed by atoms with Gasteiger partial charge in [0.05, 0.1) is 11.4 Å². The van der Waals surface area contributed by atoms with Gasteiger partial charge in [0.25, 0.3) is 0 Å². The maximum atomic E-state index is 11.6. The molecule has 6 aromatic carbocycles. The standard InChI is InChI=1S/2C20H17NO2.Cu/c2*22-20-9-5-4-8-19(20)21-14-16-10-12-18(13-11-16)23-15-17-6-2-1-3-7-17;/h2*1-14,22H,15H2;/q;;+2/p-2. The summed E-state index contributed by atoms with van der Waals surface area (Å²) >= 11 is 0. The van der Waals surface area contributed by atoms with Crippen molar-refractivity contribution in [2.24, 2.45) is 9.98 Å². The summed E-state index contributed by atoms with van der Waals surface area (Å²) in [5.41, 5.74) is 4.98. The Bertz CT molecular complexity index is 1710. The fraction of sp³-hybridized carbons (Fsp3) is 0.0500. The van der Waals surface area contributed by atoms with Crippen molar-refractivity contribution in [1.29, 1.82) is 0 Å². The predicted molar refractivity (Wildman–Crippen MR) is 181 cm³/mol. The van der Waals surface area contributed by atoms with Crippen LogP contribution in [0.15, 0.2) is 168 Å². The van der Waals surface area contributed by atoms with Gasteiger partial charge in [-0.3, -0.25) is 9.98 Å². The van der Waals surface area contributed by atoms with E-state index in [0.717, 1.165) is 33.8 Å². The molecule has 0 bridgehead atoms. The molecule has 0 aliphatic rings. The van der Waals surface area contributed by atoms with Crippen LogP contribution >= 0.6 is 0 Å². The molecular formula is C40H32CuN2O4. The molecule has 0 saturated carbocycles. The van der Waals surface area contributed by atoms with Crippen molar-refractivity contribution in [3.63, 3.8) is 0 Å². The van der Waals surface area contributed by atoms with Crippen LogP contribution in [0.5, 0.6) is 23.0 Å². The molecule has 1 radical (unpaired) electrons. The van der Waals surface area contributed by atoms with Crippen molar-refractivity contribution in [2.75, 3.05) is 0 Å². The molecule has 0 aliphatic heterocycles. The average molecular weight is 668 g/mol. The van der Waals surface area contributed by atoms with Gasteiger partial charge in [0.15, 0.2) is 0 Å². The van der Waals surface area contributed by atoms with E-state index < -0.39 is 0 Å². The van der Waals surface area contributed by atoms with E-state index in [0.29, 0.717) is 24.6 Å². The molecule has 0 N–H and O–H groups in total. The Morgan fingerprint density at radius 2 is 0.766 bits per heavy atom. The van der Waals surface area contributed by atoms with Gasteiger partial charge in [0.2, 0.25) is 0 Å². The molecule has 6 rings (SSSR count). The summed E-state index contributed by atoms with van der Waals surface area (Å²) in [6.07, 6.45) is 3.36. The van der Waals surface area contributed by atoms with E-state index in [2.05, 4.69) is 9.98 Å². The number of para-hydroxylation sites is 4. The van der Waals surface area contributed by atoms with Crippen molar-refractivity contribution >= 4 is 23.8 Å². The summed E-state index contributed by atoms with van der Waals surface area (Å²) in [6, 6.07) is 48.7. The first-order valence-electron chi connectivity index (χ1n) is 14.8. The number of benzene rings is 6. The summed E-state index contributed by atoms with van der Waals surface area (Å²) < 4.78 is 11.5. The Hall–Kier alpha value is -5.62. The molecule has 0 spiro atoms. The van der Waals surface area contributed by atoms with Crippen LogP contribution in [0.4, 0.5) is 11.4 Å². The van der Waals surface area contributed by atoms with Crippen LogP contribution in [-0.4, -0.2) is 12.4 Å². The Kier molecular flexibility index (Phi) is 13.4. The van der Waals surface area contributed by atoms with Gasteiger partial charge in [-0.25, -0.2) is 0 Å². The van der Waals surface area contributed by atoms with Gasteiger partial charge in [0.1, 0.15) is 24.7 Å². The Morgan fingerprint density at radius 1 is 0.426 bits per heavy atom. The normalized spacial score (nSPS) is 10.6. The first-order valence-corrected chi connectivity index (χ1v) is 14.8. The summed E-state index contributed by atoms with van der Waals surface area (Å²) in [4.78, 5) is 8.44. The van der Waals surface area contributed by atoms with E-state index in [1.54, 1.807) is 48.8 Å². The zero-order chi connectivity index (χ0) is 31.8. The summed E-state index contributed by atoms with van der Waals surface area (Å²) in [6.45, 7) is 1.08. The maximum absolute atomic E-state index is 11.6. The van der Waals surface area contributed by atoms with Gasteiger partial charge >= 0.3 is 17.1 Å². The third-order valence-corrected chi connectivity index (χ3v) is 6.69. The fourth-order valence-electron chi connectivity index (χ4n) is 4.20. The largest absolute Gasteiger partial charge is 2.00 e. The molecule has 0 aromatic heterocycles. The van der Waals surface area contributed by atoms with E-state index in [-0.39, 0.29) is 28.6 Å². The second kappa shape index (κ2) is 18.4. The SMILES string of the molecule is [Cu+2].[O-]c1ccccc1N=Cc1ccc(OCc2ccccc2)cc1.[O-]c1ccccc1N=Cc1ccc(OCc2ccccc2)cc1. The van der Waals surface area contributed by atoms with Gasteiger partial charge < -0.3 is 19.7 Å². The van der Waals surface area contributed by atoms with Crippen LogP contribution in [0.1, 0.15) is 22.3 Å². The van der Waals surface area contributed by atoms with Crippen LogP contribution in [0.3, 0.4) is 0 Å². The molecule has 0 unspecified atom stereocenters. The quantitative estimate of drug-likeness (QED) is 0.109. The van der Waals surface area contributed by atoms with Crippen LogP contribution in [0.25, 0.3) is 0 Å². The molecule has 237 valence electrons. The first kappa shape index (κ1) is 34.3. The van der Waals surface area contributed by atoms with Crippen molar-refractivity contribution < 1.29 is 36.8 Å². The number of nitrogens with zero attached hydrogens (tertiary/aromatic N) is 2. The molecule has 47 heavy (non-hydrogen) atoms. The van der Waals surface area contributed by atoms with Crippen LogP contribution in [0, 0.1) is 0 Å². The van der Waals surface area contributed by atoms with Crippen molar-refractivity contribution in [2.45, 2.75) is 13.2 Å². The summed E-state index contributed by atoms with van der Waals surface area (Å²) in [5.74, 6) is 1.45. The van der Waals surface area contributed by atoms with E-state index in [4.69, 9.17) is 9.47 Å². The number of aliphatic imine (C=N–C) groups is 2. The molecule has 7 heteroatoms. The minimum atomic E-state index is -0.0773. The van der Waals surface area contributed by atoms with Crippen LogP contribution < -0.4 is 19.7 Å².